The van der Waals surface area contributed by atoms with Gasteiger partial charge < -0.3 is 22.6 Å². The Morgan fingerprint density at radius 2 is 0.783 bits per heavy atom. The number of benzene rings is 6. The van der Waals surface area contributed by atoms with Gasteiger partial charge in [0.15, 0.2) is 0 Å². The lowest BCUT2D eigenvalue weighted by Crippen LogP contribution is -2.67. The molecule has 1 saturated heterocycles. The van der Waals surface area contributed by atoms with Crippen molar-refractivity contribution >= 4 is 73.6 Å². The van der Waals surface area contributed by atoms with Crippen LogP contribution < -0.4 is 31.4 Å². The Balaban J connectivity index is 1.32. The molecule has 2 unspecified atom stereocenters. The Kier molecular flexibility index (Phi) is 14.9. The van der Waals surface area contributed by atoms with Crippen molar-refractivity contribution in [3.05, 3.63) is 182 Å². The lowest BCUT2D eigenvalue weighted by atomic mass is 10.1. The topological polar surface area (TPSA) is 46.2 Å². The van der Waals surface area contributed by atoms with Crippen LogP contribution in [0.25, 0.3) is 0 Å². The largest absolute Gasteiger partial charge is 0.405 e. The fraction of sp³-hybridized carbons (Fsp3) is 0.280. The van der Waals surface area contributed by atoms with Gasteiger partial charge in [-0.25, -0.2) is 0 Å². The summed E-state index contributed by atoms with van der Waals surface area (Å²) in [6.07, 6.45) is -1.77. The molecule has 0 bridgehead atoms. The molecule has 1 fully saturated rings. The van der Waals surface area contributed by atoms with Crippen LogP contribution in [0.5, 0.6) is 0 Å². The SMILES string of the molecule is CC(C)(C)[Si](OC[C@H]1O[C@H](CO[Si](c2ccccc2)(c2ccccc2)C(C)(C)C)[C@@H](OP(c2ccccc2)c2ccccc2)[C@@H]1OPP)(c1ccccc1)c1ccccc1. The zero-order valence-electron chi connectivity index (χ0n) is 35.6. The summed E-state index contributed by atoms with van der Waals surface area (Å²) in [5.74, 6) is 0. The Bertz CT molecular complexity index is 2070. The highest BCUT2D eigenvalue weighted by Crippen LogP contribution is 2.45. The van der Waals surface area contributed by atoms with Crippen LogP contribution in [-0.4, -0.2) is 54.3 Å². The van der Waals surface area contributed by atoms with Crippen molar-refractivity contribution in [3.63, 3.8) is 0 Å². The molecule has 0 saturated carbocycles. The van der Waals surface area contributed by atoms with Crippen LogP contribution in [0.1, 0.15) is 41.5 Å². The molecule has 0 N–H and O–H groups in total. The van der Waals surface area contributed by atoms with Gasteiger partial charge in [0.1, 0.15) is 24.4 Å². The average molecular weight is 889 g/mol. The van der Waals surface area contributed by atoms with E-state index in [0.29, 0.717) is 13.2 Å². The summed E-state index contributed by atoms with van der Waals surface area (Å²) in [4.78, 5) is 0. The molecule has 5 nitrogen and oxygen atoms in total. The van der Waals surface area contributed by atoms with E-state index in [2.05, 4.69) is 232 Å². The standard InChI is InChI=1S/C50H59O5P3Si2/c1-49(2,3)59(41-29-17-9-18-30-41,42-31-19-10-20-32-42)51-37-45-47(54-57-56)48(55-58(39-25-13-7-14-26-39)40-27-15-8-16-28-40)46(53-45)38-52-60(50(4,5)6,43-33-21-11-22-34-43)44-35-23-12-24-36-44/h7-36,45-48,57H,37-38,56H2,1-6H3/t45-,46-,47-,48-/m1/s1. The van der Waals surface area contributed by atoms with Crippen LogP contribution in [0.4, 0.5) is 0 Å². The van der Waals surface area contributed by atoms with Crippen molar-refractivity contribution in [1.82, 2.24) is 0 Å². The molecular formula is C50H59O5P3Si2. The van der Waals surface area contributed by atoms with Crippen LogP contribution in [-0.2, 0) is 22.6 Å². The van der Waals surface area contributed by atoms with Gasteiger partial charge in [0.05, 0.1) is 21.4 Å². The lowest BCUT2D eigenvalue weighted by Gasteiger charge is -2.44. The Hall–Kier alpha value is -3.16. The van der Waals surface area contributed by atoms with E-state index in [1.165, 1.54) is 20.7 Å². The third-order valence-electron chi connectivity index (χ3n) is 11.6. The number of hydrogen-bond acceptors (Lipinski definition) is 5. The first-order chi connectivity index (χ1) is 29.0. The van der Waals surface area contributed by atoms with Gasteiger partial charge in [-0.15, -0.1) is 0 Å². The minimum Gasteiger partial charge on any atom is -0.405 e. The van der Waals surface area contributed by atoms with Gasteiger partial charge in [-0.2, -0.15) is 0 Å². The van der Waals surface area contributed by atoms with E-state index >= 15 is 0 Å². The molecule has 6 aromatic rings. The molecule has 0 radical (unpaired) electrons. The van der Waals surface area contributed by atoms with Crippen molar-refractivity contribution in [3.8, 4) is 0 Å². The third-order valence-corrected chi connectivity index (χ3v) is 24.4. The summed E-state index contributed by atoms with van der Waals surface area (Å²) in [6.45, 7) is 14.5. The summed E-state index contributed by atoms with van der Waals surface area (Å²) in [6, 6.07) is 64.3. The molecule has 1 heterocycles. The quantitative estimate of drug-likeness (QED) is 0.0718. The van der Waals surface area contributed by atoms with Crippen molar-refractivity contribution < 1.29 is 22.6 Å². The first-order valence-corrected chi connectivity index (χ1v) is 28.6. The fourth-order valence-electron chi connectivity index (χ4n) is 8.88. The number of ether oxygens (including phenoxy) is 1. The highest BCUT2D eigenvalue weighted by atomic mass is 32.0. The molecule has 0 aromatic heterocycles. The summed E-state index contributed by atoms with van der Waals surface area (Å²) in [5, 5.41) is 6.74. The predicted octanol–water partition coefficient (Wildman–Crippen LogP) is 9.11. The molecule has 10 heteroatoms. The summed E-state index contributed by atoms with van der Waals surface area (Å²) < 4.78 is 36.9. The minimum atomic E-state index is -2.94. The molecule has 0 amide bonds. The van der Waals surface area contributed by atoms with Gasteiger partial charge in [-0.3, -0.25) is 0 Å². The molecule has 0 spiro atoms. The molecule has 1 aliphatic heterocycles. The van der Waals surface area contributed by atoms with Crippen LogP contribution in [0.3, 0.4) is 0 Å². The van der Waals surface area contributed by atoms with Crippen molar-refractivity contribution in [1.29, 1.82) is 0 Å². The molecule has 60 heavy (non-hydrogen) atoms. The van der Waals surface area contributed by atoms with Gasteiger partial charge in [-0.1, -0.05) is 232 Å². The van der Waals surface area contributed by atoms with Crippen LogP contribution >= 0.6 is 25.6 Å². The maximum Gasteiger partial charge on any atom is 0.261 e. The van der Waals surface area contributed by atoms with E-state index in [-0.39, 0.29) is 18.6 Å². The summed E-state index contributed by atoms with van der Waals surface area (Å²) >= 11 is 0. The Labute approximate surface area is 365 Å². The third kappa shape index (κ3) is 9.43. The van der Waals surface area contributed by atoms with E-state index in [1.807, 2.05) is 0 Å². The second-order valence-electron chi connectivity index (χ2n) is 17.4. The van der Waals surface area contributed by atoms with Crippen LogP contribution in [0, 0.1) is 0 Å². The maximum absolute atomic E-state index is 7.64. The zero-order valence-corrected chi connectivity index (χ0v) is 40.7. The van der Waals surface area contributed by atoms with Crippen LogP contribution in [0.15, 0.2) is 182 Å². The molecule has 6 atom stereocenters. The number of rotatable bonds is 16. The molecular weight excluding hydrogens is 830 g/mol. The predicted molar refractivity (Wildman–Crippen MR) is 263 cm³/mol. The second-order valence-corrected chi connectivity index (χ2v) is 29.0. The first-order valence-electron chi connectivity index (χ1n) is 20.8. The van der Waals surface area contributed by atoms with Gasteiger partial charge in [0, 0.05) is 19.1 Å². The highest BCUT2D eigenvalue weighted by molar-refractivity contribution is 8.00. The van der Waals surface area contributed by atoms with Crippen molar-refractivity contribution in [2.75, 3.05) is 13.2 Å². The maximum atomic E-state index is 7.64. The normalized spacial score (nSPS) is 19.0. The molecule has 6 aromatic carbocycles. The Morgan fingerprint density at radius 1 is 0.483 bits per heavy atom. The monoisotopic (exact) mass is 888 g/mol. The lowest BCUT2D eigenvalue weighted by molar-refractivity contribution is -0.0290. The van der Waals surface area contributed by atoms with Gasteiger partial charge in [-0.05, 0) is 30.8 Å². The van der Waals surface area contributed by atoms with Gasteiger partial charge in [0.25, 0.3) is 16.6 Å². The first kappa shape index (κ1) is 44.9. The average Bonchev–Trinajstić information content (AvgIpc) is 3.59. The van der Waals surface area contributed by atoms with E-state index in [1.54, 1.807) is 0 Å². The number of hydrogen-bond donors (Lipinski definition) is 0. The van der Waals surface area contributed by atoms with E-state index in [9.17, 15) is 0 Å². The minimum absolute atomic E-state index is 0.134. The van der Waals surface area contributed by atoms with E-state index in [0.717, 1.165) is 10.6 Å². The van der Waals surface area contributed by atoms with Crippen molar-refractivity contribution in [2.45, 2.75) is 76.0 Å². The van der Waals surface area contributed by atoms with E-state index < -0.39 is 49.2 Å². The van der Waals surface area contributed by atoms with Crippen LogP contribution in [0.2, 0.25) is 10.1 Å². The Morgan fingerprint density at radius 3 is 1.08 bits per heavy atom. The fourth-order valence-corrected chi connectivity index (χ4v) is 20.9. The molecule has 7 rings (SSSR count). The molecule has 0 aliphatic carbocycles. The second kappa shape index (κ2) is 19.9. The van der Waals surface area contributed by atoms with Crippen molar-refractivity contribution in [2.24, 2.45) is 0 Å². The van der Waals surface area contributed by atoms with E-state index in [4.69, 9.17) is 22.6 Å². The summed E-state index contributed by atoms with van der Waals surface area (Å²) in [7, 11) is -4.17. The molecule has 1 aliphatic rings. The zero-order chi connectivity index (χ0) is 42.2. The summed E-state index contributed by atoms with van der Waals surface area (Å²) in [5.41, 5.74) is 0. The van der Waals surface area contributed by atoms with Gasteiger partial charge in [0.2, 0.25) is 0 Å². The smallest absolute Gasteiger partial charge is 0.261 e. The molecule has 312 valence electrons. The van der Waals surface area contributed by atoms with Gasteiger partial charge >= 0.3 is 0 Å². The highest BCUT2D eigenvalue weighted by Gasteiger charge is 2.55.